The molecule has 3 aromatic rings. The van der Waals surface area contributed by atoms with E-state index in [2.05, 4.69) is 0 Å². The number of nitrogens with zero attached hydrogens (tertiary/aromatic N) is 4. The van der Waals surface area contributed by atoms with E-state index < -0.39 is 0 Å². The summed E-state index contributed by atoms with van der Waals surface area (Å²) in [5, 5.41) is 7.85. The van der Waals surface area contributed by atoms with Gasteiger partial charge in [-0.15, -0.1) is 5.10 Å². The lowest BCUT2D eigenvalue weighted by molar-refractivity contribution is -0.111. The van der Waals surface area contributed by atoms with Crippen molar-refractivity contribution in [1.82, 2.24) is 0 Å². The Labute approximate surface area is 192 Å². The van der Waals surface area contributed by atoms with Gasteiger partial charge in [-0.2, -0.15) is 0 Å². The summed E-state index contributed by atoms with van der Waals surface area (Å²) in [7, 11) is 3.98. The number of hydrogen-bond acceptors (Lipinski definition) is 5. The van der Waals surface area contributed by atoms with Crippen LogP contribution >= 0.6 is 23.2 Å². The quantitative estimate of drug-likeness (QED) is 0.476. The normalized spacial score (nSPS) is 15.8. The first-order chi connectivity index (χ1) is 14.8. The average Bonchev–Trinajstić information content (AvgIpc) is 3.16. The second-order valence-electron chi connectivity index (χ2n) is 7.51. The van der Waals surface area contributed by atoms with Crippen LogP contribution < -0.4 is 14.8 Å². The summed E-state index contributed by atoms with van der Waals surface area (Å²) in [5.41, 5.74) is 3.73. The molecule has 4 rings (SSSR count). The van der Waals surface area contributed by atoms with Gasteiger partial charge in [-0.05, 0) is 66.2 Å². The molecule has 0 amide bonds. The van der Waals surface area contributed by atoms with Crippen molar-refractivity contribution < 1.29 is 4.79 Å². The van der Waals surface area contributed by atoms with Crippen molar-refractivity contribution in [2.45, 2.75) is 13.1 Å². The molecule has 1 heterocycles. The second kappa shape index (κ2) is 8.61. The third kappa shape index (κ3) is 4.24. The Morgan fingerprint density at radius 1 is 0.839 bits per heavy atom. The van der Waals surface area contributed by atoms with Gasteiger partial charge in [0.25, 0.3) is 0 Å². The first-order valence-corrected chi connectivity index (χ1v) is 10.6. The van der Waals surface area contributed by atoms with Gasteiger partial charge in [0.2, 0.25) is 0 Å². The Hall–Kier alpha value is -3.02. The second-order valence-corrected chi connectivity index (χ2v) is 8.38. The number of carbonyl (C=O) groups excluding carboxylic acids is 1. The topological polar surface area (TPSA) is 39.2 Å². The predicted octanol–water partition coefficient (Wildman–Crippen LogP) is 5.99. The van der Waals surface area contributed by atoms with Gasteiger partial charge in [0.1, 0.15) is 0 Å². The maximum Gasteiger partial charge on any atom is 0.198 e. The van der Waals surface area contributed by atoms with Gasteiger partial charge in [-0.1, -0.05) is 35.3 Å². The highest BCUT2D eigenvalue weighted by Crippen LogP contribution is 2.40. The van der Waals surface area contributed by atoms with E-state index in [0.29, 0.717) is 15.9 Å². The molecular weight excluding hydrogens is 431 g/mol. The molecule has 5 nitrogen and oxygen atoms in total. The summed E-state index contributed by atoms with van der Waals surface area (Å²) in [4.78, 5) is 16.6. The van der Waals surface area contributed by atoms with Gasteiger partial charge in [-0.3, -0.25) is 9.69 Å². The number of amidine groups is 1. The van der Waals surface area contributed by atoms with Crippen LogP contribution in [0.25, 0.3) is 0 Å². The van der Waals surface area contributed by atoms with Crippen molar-refractivity contribution >= 4 is 51.9 Å². The summed E-state index contributed by atoms with van der Waals surface area (Å²) < 4.78 is 0. The standard InChI is InChI=1S/C24H22Cl2N4O/c1-16(31)23-27-30(22-10-8-19(26)9-11-22)24(17-4-6-18(25)7-5-17)29(23)21-14-12-20(13-15-21)28(2)3/h4-15,24H,1-3H3. The van der Waals surface area contributed by atoms with Crippen LogP contribution in [0.15, 0.2) is 77.9 Å². The van der Waals surface area contributed by atoms with E-state index in [1.807, 2.05) is 102 Å². The number of Topliss-reactive ketones (excluding diaryl/α,β-unsaturated/α-hetero) is 1. The SMILES string of the molecule is CC(=O)C1=NN(c2ccc(Cl)cc2)C(c2ccc(Cl)cc2)N1c1ccc(N(C)C)cc1. The third-order valence-electron chi connectivity index (χ3n) is 5.13. The van der Waals surface area contributed by atoms with Crippen LogP contribution in [0.5, 0.6) is 0 Å². The summed E-state index contributed by atoms with van der Waals surface area (Å²) in [5.74, 6) is 0.250. The molecule has 0 N–H and O–H groups in total. The van der Waals surface area contributed by atoms with Crippen LogP contribution in [-0.2, 0) is 4.79 Å². The largest absolute Gasteiger partial charge is 0.378 e. The minimum atomic E-state index is -0.359. The third-order valence-corrected chi connectivity index (χ3v) is 5.63. The molecule has 7 heteroatoms. The number of rotatable bonds is 5. The smallest absolute Gasteiger partial charge is 0.198 e. The lowest BCUT2D eigenvalue weighted by Crippen LogP contribution is -2.37. The van der Waals surface area contributed by atoms with Crippen LogP contribution in [0.4, 0.5) is 17.1 Å². The van der Waals surface area contributed by atoms with Crippen molar-refractivity contribution in [3.8, 4) is 0 Å². The number of ketones is 1. The van der Waals surface area contributed by atoms with Crippen LogP contribution in [0.1, 0.15) is 18.7 Å². The van der Waals surface area contributed by atoms with Crippen LogP contribution in [0.3, 0.4) is 0 Å². The molecule has 0 radical (unpaired) electrons. The van der Waals surface area contributed by atoms with Gasteiger partial charge < -0.3 is 4.90 Å². The first-order valence-electron chi connectivity index (χ1n) is 9.81. The molecule has 3 aromatic carbocycles. The van der Waals surface area contributed by atoms with Crippen molar-refractivity contribution in [3.05, 3.63) is 88.4 Å². The van der Waals surface area contributed by atoms with E-state index in [-0.39, 0.29) is 11.9 Å². The van der Waals surface area contributed by atoms with Crippen LogP contribution in [-0.4, -0.2) is 25.7 Å². The van der Waals surface area contributed by atoms with Crippen LogP contribution in [0, 0.1) is 0 Å². The fourth-order valence-electron chi connectivity index (χ4n) is 3.56. The molecule has 1 aliphatic rings. The molecular formula is C24H22Cl2N4O. The molecule has 0 aliphatic carbocycles. The fourth-order valence-corrected chi connectivity index (χ4v) is 3.81. The van der Waals surface area contributed by atoms with Crippen molar-refractivity contribution in [3.63, 3.8) is 0 Å². The zero-order valence-electron chi connectivity index (χ0n) is 17.5. The fraction of sp³-hybridized carbons (Fsp3) is 0.167. The number of hydrazone groups is 1. The Morgan fingerprint density at radius 3 is 1.87 bits per heavy atom. The summed E-state index contributed by atoms with van der Waals surface area (Å²) in [6, 6.07) is 23.1. The molecule has 31 heavy (non-hydrogen) atoms. The van der Waals surface area contributed by atoms with Crippen molar-refractivity contribution in [2.75, 3.05) is 28.9 Å². The van der Waals surface area contributed by atoms with E-state index >= 15 is 0 Å². The summed E-state index contributed by atoms with van der Waals surface area (Å²) in [6.45, 7) is 1.53. The summed E-state index contributed by atoms with van der Waals surface area (Å²) >= 11 is 12.2. The van der Waals surface area contributed by atoms with Gasteiger partial charge >= 0.3 is 0 Å². The molecule has 0 saturated carbocycles. The highest BCUT2D eigenvalue weighted by molar-refractivity contribution is 6.44. The van der Waals surface area contributed by atoms with E-state index in [0.717, 1.165) is 22.6 Å². The Morgan fingerprint density at radius 2 is 1.35 bits per heavy atom. The van der Waals surface area contributed by atoms with Gasteiger partial charge in [0, 0.05) is 42.4 Å². The van der Waals surface area contributed by atoms with Gasteiger partial charge in [0.15, 0.2) is 17.8 Å². The summed E-state index contributed by atoms with van der Waals surface area (Å²) in [6.07, 6.45) is -0.359. The minimum absolute atomic E-state index is 0.118. The maximum atomic E-state index is 12.6. The number of benzene rings is 3. The lowest BCUT2D eigenvalue weighted by atomic mass is 10.1. The van der Waals surface area contributed by atoms with Gasteiger partial charge in [0.05, 0.1) is 5.69 Å². The molecule has 1 atom stereocenters. The molecule has 0 bridgehead atoms. The average molecular weight is 453 g/mol. The Bertz CT molecular complexity index is 1110. The number of hydrogen-bond donors (Lipinski definition) is 0. The van der Waals surface area contributed by atoms with E-state index in [9.17, 15) is 4.79 Å². The molecule has 0 spiro atoms. The minimum Gasteiger partial charge on any atom is -0.378 e. The Balaban J connectivity index is 1.86. The predicted molar refractivity (Wildman–Crippen MR) is 129 cm³/mol. The monoisotopic (exact) mass is 452 g/mol. The van der Waals surface area contributed by atoms with Crippen molar-refractivity contribution in [1.29, 1.82) is 0 Å². The molecule has 0 fully saturated rings. The van der Waals surface area contributed by atoms with E-state index in [1.54, 1.807) is 0 Å². The highest BCUT2D eigenvalue weighted by Gasteiger charge is 2.39. The molecule has 0 aromatic heterocycles. The number of halogens is 2. The molecule has 1 unspecified atom stereocenters. The van der Waals surface area contributed by atoms with E-state index in [4.69, 9.17) is 28.3 Å². The van der Waals surface area contributed by atoms with Crippen LogP contribution in [0.2, 0.25) is 10.0 Å². The number of anilines is 3. The highest BCUT2D eigenvalue weighted by atomic mass is 35.5. The number of carbonyl (C=O) groups is 1. The maximum absolute atomic E-state index is 12.6. The molecule has 158 valence electrons. The molecule has 0 saturated heterocycles. The van der Waals surface area contributed by atoms with Gasteiger partial charge in [-0.25, -0.2) is 5.01 Å². The molecule has 1 aliphatic heterocycles. The van der Waals surface area contributed by atoms with Crippen molar-refractivity contribution in [2.24, 2.45) is 5.10 Å². The first kappa shape index (κ1) is 21.2. The zero-order valence-corrected chi connectivity index (χ0v) is 19.0. The zero-order chi connectivity index (χ0) is 22.1. The van der Waals surface area contributed by atoms with E-state index in [1.165, 1.54) is 6.92 Å². The Kier molecular flexibility index (Phi) is 5.90. The lowest BCUT2D eigenvalue weighted by Gasteiger charge is -2.32.